The van der Waals surface area contributed by atoms with E-state index >= 15 is 0 Å². The molecule has 1 atom stereocenters. The van der Waals surface area contributed by atoms with E-state index in [0.717, 1.165) is 25.0 Å². The Morgan fingerprint density at radius 3 is 2.59 bits per heavy atom. The molecule has 0 radical (unpaired) electrons. The van der Waals surface area contributed by atoms with Gasteiger partial charge in [0.25, 0.3) is 0 Å². The van der Waals surface area contributed by atoms with Gasteiger partial charge in [0.1, 0.15) is 11.6 Å². The SMILES string of the molecule is CC(=O)NC(CC(=O)NCCCCN)c1ccc(F)cc1F. The van der Waals surface area contributed by atoms with Crippen LogP contribution >= 0.6 is 0 Å². The number of benzene rings is 1. The summed E-state index contributed by atoms with van der Waals surface area (Å²) >= 11 is 0. The zero-order valence-corrected chi connectivity index (χ0v) is 12.5. The molecule has 4 N–H and O–H groups in total. The molecule has 1 aromatic carbocycles. The predicted molar refractivity (Wildman–Crippen MR) is 78.8 cm³/mol. The number of hydrogen-bond acceptors (Lipinski definition) is 3. The van der Waals surface area contributed by atoms with E-state index in [2.05, 4.69) is 10.6 Å². The van der Waals surface area contributed by atoms with E-state index in [1.165, 1.54) is 13.0 Å². The maximum atomic E-state index is 13.8. The van der Waals surface area contributed by atoms with Gasteiger partial charge in [0, 0.05) is 25.1 Å². The summed E-state index contributed by atoms with van der Waals surface area (Å²) in [4.78, 5) is 23.1. The first-order valence-electron chi connectivity index (χ1n) is 7.13. The number of carbonyl (C=O) groups excluding carboxylic acids is 2. The van der Waals surface area contributed by atoms with E-state index in [9.17, 15) is 18.4 Å². The summed E-state index contributed by atoms with van der Waals surface area (Å²) in [6, 6.07) is 2.20. The normalized spacial score (nSPS) is 11.8. The van der Waals surface area contributed by atoms with Crippen LogP contribution in [0.15, 0.2) is 18.2 Å². The highest BCUT2D eigenvalue weighted by atomic mass is 19.1. The summed E-state index contributed by atoms with van der Waals surface area (Å²) in [5.74, 6) is -2.23. The maximum Gasteiger partial charge on any atom is 0.222 e. The van der Waals surface area contributed by atoms with Gasteiger partial charge in [-0.2, -0.15) is 0 Å². The fourth-order valence-corrected chi connectivity index (χ4v) is 2.02. The van der Waals surface area contributed by atoms with Crippen molar-refractivity contribution in [3.8, 4) is 0 Å². The second kappa shape index (κ2) is 9.09. The number of nitrogens with one attached hydrogen (secondary N) is 2. The summed E-state index contributed by atoms with van der Waals surface area (Å²) in [6.07, 6.45) is 1.42. The smallest absolute Gasteiger partial charge is 0.222 e. The molecule has 7 heteroatoms. The highest BCUT2D eigenvalue weighted by molar-refractivity contribution is 5.79. The molecule has 5 nitrogen and oxygen atoms in total. The standard InChI is InChI=1S/C15H21F2N3O2/c1-10(21)20-14(9-15(22)19-7-3-2-6-18)12-5-4-11(16)8-13(12)17/h4-5,8,14H,2-3,6-7,9,18H2,1H3,(H,19,22)(H,20,21). The van der Waals surface area contributed by atoms with Crippen molar-refractivity contribution in [2.75, 3.05) is 13.1 Å². The first kappa shape index (κ1) is 18.0. The molecular formula is C15H21F2N3O2. The van der Waals surface area contributed by atoms with Gasteiger partial charge in [-0.05, 0) is 25.5 Å². The number of nitrogens with two attached hydrogens (primary N) is 1. The molecule has 0 aliphatic heterocycles. The van der Waals surface area contributed by atoms with Gasteiger partial charge in [-0.25, -0.2) is 8.78 Å². The van der Waals surface area contributed by atoms with Crippen LogP contribution in [0.25, 0.3) is 0 Å². The van der Waals surface area contributed by atoms with Gasteiger partial charge >= 0.3 is 0 Å². The van der Waals surface area contributed by atoms with Crippen molar-refractivity contribution in [3.63, 3.8) is 0 Å². The van der Waals surface area contributed by atoms with Gasteiger partial charge in [0.2, 0.25) is 11.8 Å². The first-order chi connectivity index (χ1) is 10.4. The average molecular weight is 313 g/mol. The molecule has 1 aromatic rings. The fraction of sp³-hybridized carbons (Fsp3) is 0.467. The lowest BCUT2D eigenvalue weighted by atomic mass is 10.0. The number of hydrogen-bond donors (Lipinski definition) is 3. The van der Waals surface area contributed by atoms with Crippen molar-refractivity contribution in [1.29, 1.82) is 0 Å². The Kier molecular flexibility index (Phi) is 7.45. The van der Waals surface area contributed by atoms with Gasteiger partial charge in [-0.1, -0.05) is 6.07 Å². The number of rotatable bonds is 8. The molecule has 0 fully saturated rings. The van der Waals surface area contributed by atoms with Crippen LogP contribution in [-0.4, -0.2) is 24.9 Å². The summed E-state index contributed by atoms with van der Waals surface area (Å²) in [5, 5.41) is 5.19. The third-order valence-corrected chi connectivity index (χ3v) is 3.06. The summed E-state index contributed by atoms with van der Waals surface area (Å²) in [5.41, 5.74) is 5.43. The molecule has 122 valence electrons. The quantitative estimate of drug-likeness (QED) is 0.634. The molecule has 1 rings (SSSR count). The molecular weight excluding hydrogens is 292 g/mol. The lowest BCUT2D eigenvalue weighted by Crippen LogP contribution is -2.33. The zero-order valence-electron chi connectivity index (χ0n) is 12.5. The minimum absolute atomic E-state index is 0.0775. The Bertz CT molecular complexity index is 524. The number of unbranched alkanes of at least 4 members (excludes halogenated alkanes) is 1. The van der Waals surface area contributed by atoms with Crippen LogP contribution in [0.2, 0.25) is 0 Å². The largest absolute Gasteiger partial charge is 0.356 e. The molecule has 0 heterocycles. The fourth-order valence-electron chi connectivity index (χ4n) is 2.02. The molecule has 1 unspecified atom stereocenters. The van der Waals surface area contributed by atoms with Crippen LogP contribution < -0.4 is 16.4 Å². The topological polar surface area (TPSA) is 84.2 Å². The molecule has 2 amide bonds. The van der Waals surface area contributed by atoms with Gasteiger partial charge in [0.05, 0.1) is 12.5 Å². The molecule has 0 aliphatic carbocycles. The minimum atomic E-state index is -0.840. The highest BCUT2D eigenvalue weighted by Crippen LogP contribution is 2.21. The van der Waals surface area contributed by atoms with Crippen LogP contribution in [0, 0.1) is 11.6 Å². The van der Waals surface area contributed by atoms with Gasteiger partial charge in [-0.3, -0.25) is 9.59 Å². The second-order valence-electron chi connectivity index (χ2n) is 4.97. The van der Waals surface area contributed by atoms with Crippen molar-refractivity contribution >= 4 is 11.8 Å². The number of amides is 2. The van der Waals surface area contributed by atoms with Gasteiger partial charge in [0.15, 0.2) is 0 Å². The van der Waals surface area contributed by atoms with Crippen LogP contribution in [0.3, 0.4) is 0 Å². The van der Waals surface area contributed by atoms with Gasteiger partial charge < -0.3 is 16.4 Å². The highest BCUT2D eigenvalue weighted by Gasteiger charge is 2.20. The molecule has 0 saturated carbocycles. The van der Waals surface area contributed by atoms with Crippen molar-refractivity contribution in [2.45, 2.75) is 32.2 Å². The maximum absolute atomic E-state index is 13.8. The summed E-state index contributed by atoms with van der Waals surface area (Å²) in [7, 11) is 0. The zero-order chi connectivity index (χ0) is 16.5. The van der Waals surface area contributed by atoms with Crippen molar-refractivity contribution in [1.82, 2.24) is 10.6 Å². The van der Waals surface area contributed by atoms with Crippen LogP contribution in [0.1, 0.15) is 37.8 Å². The van der Waals surface area contributed by atoms with Crippen molar-refractivity contribution in [3.05, 3.63) is 35.4 Å². The molecule has 0 aliphatic rings. The van der Waals surface area contributed by atoms with Crippen LogP contribution in [0.4, 0.5) is 8.78 Å². The lowest BCUT2D eigenvalue weighted by molar-refractivity contribution is -0.122. The Morgan fingerprint density at radius 2 is 2.00 bits per heavy atom. The van der Waals surface area contributed by atoms with E-state index in [0.29, 0.717) is 13.1 Å². The Morgan fingerprint density at radius 1 is 1.27 bits per heavy atom. The van der Waals surface area contributed by atoms with Gasteiger partial charge in [-0.15, -0.1) is 0 Å². The predicted octanol–water partition coefficient (Wildman–Crippen LogP) is 1.39. The lowest BCUT2D eigenvalue weighted by Gasteiger charge is -2.18. The summed E-state index contributed by atoms with van der Waals surface area (Å²) in [6.45, 7) is 2.29. The molecule has 0 saturated heterocycles. The first-order valence-corrected chi connectivity index (χ1v) is 7.13. The van der Waals surface area contributed by atoms with E-state index in [4.69, 9.17) is 5.73 Å². The summed E-state index contributed by atoms with van der Waals surface area (Å²) < 4.78 is 26.8. The van der Waals surface area contributed by atoms with E-state index in [-0.39, 0.29) is 17.9 Å². The minimum Gasteiger partial charge on any atom is -0.356 e. The Labute approximate surface area is 128 Å². The van der Waals surface area contributed by atoms with Crippen molar-refractivity contribution in [2.24, 2.45) is 5.73 Å². The molecule has 22 heavy (non-hydrogen) atoms. The molecule has 0 bridgehead atoms. The average Bonchev–Trinajstić information content (AvgIpc) is 2.42. The van der Waals surface area contributed by atoms with Crippen molar-refractivity contribution < 1.29 is 18.4 Å². The van der Waals surface area contributed by atoms with E-state index in [1.807, 2.05) is 0 Å². The van der Waals surface area contributed by atoms with Crippen LogP contribution in [0.5, 0.6) is 0 Å². The third kappa shape index (κ3) is 6.17. The van der Waals surface area contributed by atoms with E-state index in [1.54, 1.807) is 0 Å². The molecule has 0 aromatic heterocycles. The number of halogens is 2. The monoisotopic (exact) mass is 313 g/mol. The molecule has 0 spiro atoms. The Hall–Kier alpha value is -2.02. The Balaban J connectivity index is 2.72. The van der Waals surface area contributed by atoms with E-state index < -0.39 is 23.6 Å². The number of carbonyl (C=O) groups is 2. The third-order valence-electron chi connectivity index (χ3n) is 3.06. The second-order valence-corrected chi connectivity index (χ2v) is 4.97. The van der Waals surface area contributed by atoms with Crippen LogP contribution in [-0.2, 0) is 9.59 Å².